The summed E-state index contributed by atoms with van der Waals surface area (Å²) in [5, 5.41) is 4.68. The van der Waals surface area contributed by atoms with Gasteiger partial charge in [0.05, 0.1) is 12.2 Å². The first-order valence-corrected chi connectivity index (χ1v) is 8.57. The van der Waals surface area contributed by atoms with Crippen molar-refractivity contribution in [2.24, 2.45) is 5.92 Å². The lowest BCUT2D eigenvalue weighted by atomic mass is 10.0. The van der Waals surface area contributed by atoms with E-state index in [1.807, 2.05) is 0 Å². The lowest BCUT2D eigenvalue weighted by molar-refractivity contribution is -0.139. The first-order chi connectivity index (χ1) is 12.6. The quantitative estimate of drug-likeness (QED) is 0.673. The second-order valence-electron chi connectivity index (χ2n) is 6.45. The fourth-order valence-corrected chi connectivity index (χ4v) is 2.45. The maximum Gasteiger partial charge on any atom is 0.245 e. The van der Waals surface area contributed by atoms with Crippen LogP contribution in [0.5, 0.6) is 0 Å². The molecule has 0 aliphatic heterocycles. The third kappa shape index (κ3) is 6.26. The molecule has 9 heteroatoms. The van der Waals surface area contributed by atoms with Gasteiger partial charge in [0, 0.05) is 13.5 Å². The Kier molecular flexibility index (Phi) is 8.27. The van der Waals surface area contributed by atoms with Crippen LogP contribution in [0.1, 0.15) is 34.1 Å². The van der Waals surface area contributed by atoms with Gasteiger partial charge in [-0.3, -0.25) is 14.4 Å². The fraction of sp³-hybridized carbons (Fsp3) is 0.500. The third-order valence-electron chi connectivity index (χ3n) is 3.74. The molecular formula is C18H24F3N3O3. The van der Waals surface area contributed by atoms with Gasteiger partial charge in [-0.1, -0.05) is 20.8 Å². The van der Waals surface area contributed by atoms with Gasteiger partial charge in [-0.05, 0) is 24.5 Å². The minimum atomic E-state index is -1.69. The smallest absolute Gasteiger partial charge is 0.245 e. The van der Waals surface area contributed by atoms with Crippen molar-refractivity contribution in [2.75, 3.05) is 18.4 Å². The molecule has 6 nitrogen and oxygen atoms in total. The molecule has 3 amide bonds. The highest BCUT2D eigenvalue weighted by atomic mass is 19.2. The highest BCUT2D eigenvalue weighted by Gasteiger charge is 2.29. The van der Waals surface area contributed by atoms with Gasteiger partial charge in [0.1, 0.15) is 6.04 Å². The fourth-order valence-electron chi connectivity index (χ4n) is 2.45. The number of halogens is 3. The molecule has 2 N–H and O–H groups in total. The number of anilines is 1. The van der Waals surface area contributed by atoms with Crippen molar-refractivity contribution in [1.82, 2.24) is 10.2 Å². The average Bonchev–Trinajstić information content (AvgIpc) is 2.59. The Morgan fingerprint density at radius 1 is 1.11 bits per heavy atom. The van der Waals surface area contributed by atoms with Crippen LogP contribution in [0.3, 0.4) is 0 Å². The third-order valence-corrected chi connectivity index (χ3v) is 3.74. The second-order valence-corrected chi connectivity index (χ2v) is 6.45. The van der Waals surface area contributed by atoms with Crippen molar-refractivity contribution < 1.29 is 27.6 Å². The molecular weight excluding hydrogens is 363 g/mol. The molecule has 0 saturated carbocycles. The van der Waals surface area contributed by atoms with E-state index in [0.29, 0.717) is 12.5 Å². The van der Waals surface area contributed by atoms with Gasteiger partial charge >= 0.3 is 0 Å². The summed E-state index contributed by atoms with van der Waals surface area (Å²) < 4.78 is 39.9. The number of hydrogen-bond acceptors (Lipinski definition) is 3. The summed E-state index contributed by atoms with van der Waals surface area (Å²) in [5.74, 6) is -6.41. The van der Waals surface area contributed by atoms with E-state index in [0.717, 1.165) is 6.07 Å². The lowest BCUT2D eigenvalue weighted by Gasteiger charge is -2.29. The van der Waals surface area contributed by atoms with Gasteiger partial charge < -0.3 is 15.5 Å². The standard InChI is InChI=1S/C18H24F3N3O3/c1-5-8-24(18(27)17(10(2)3)22-11(4)25)9-14(26)23-13-7-6-12(19)15(20)16(13)21/h6-7,10,17H,5,8-9H2,1-4H3,(H,22,25)(H,23,26). The SMILES string of the molecule is CCCN(CC(=O)Nc1ccc(F)c(F)c1F)C(=O)C(NC(C)=O)C(C)C. The Hall–Kier alpha value is -2.58. The summed E-state index contributed by atoms with van der Waals surface area (Å²) in [7, 11) is 0. The summed E-state index contributed by atoms with van der Waals surface area (Å²) in [6, 6.07) is 0.766. The molecule has 0 fully saturated rings. The molecule has 1 aromatic rings. The normalized spacial score (nSPS) is 11.9. The number of carbonyl (C=O) groups is 3. The van der Waals surface area contributed by atoms with Crippen LogP contribution in [0.2, 0.25) is 0 Å². The molecule has 0 aliphatic carbocycles. The Labute approximate surface area is 156 Å². The largest absolute Gasteiger partial charge is 0.344 e. The molecule has 1 atom stereocenters. The van der Waals surface area contributed by atoms with E-state index >= 15 is 0 Å². The molecule has 0 aromatic heterocycles. The number of nitrogens with zero attached hydrogens (tertiary/aromatic N) is 1. The molecule has 0 radical (unpaired) electrons. The molecule has 0 bridgehead atoms. The Morgan fingerprint density at radius 2 is 1.74 bits per heavy atom. The number of nitrogens with one attached hydrogen (secondary N) is 2. The van der Waals surface area contributed by atoms with Crippen LogP contribution in [0, 0.1) is 23.4 Å². The Bertz CT molecular complexity index is 711. The van der Waals surface area contributed by atoms with E-state index in [-0.39, 0.29) is 18.4 Å². The molecule has 1 rings (SSSR count). The van der Waals surface area contributed by atoms with Gasteiger partial charge in [0.25, 0.3) is 0 Å². The Morgan fingerprint density at radius 3 is 2.26 bits per heavy atom. The first kappa shape index (κ1) is 22.5. The number of hydrogen-bond donors (Lipinski definition) is 2. The van der Waals surface area contributed by atoms with Crippen LogP contribution in [-0.2, 0) is 14.4 Å². The van der Waals surface area contributed by atoms with E-state index in [4.69, 9.17) is 0 Å². The number of carbonyl (C=O) groups excluding carboxylic acids is 3. The number of amides is 3. The predicted molar refractivity (Wildman–Crippen MR) is 94.3 cm³/mol. The highest BCUT2D eigenvalue weighted by Crippen LogP contribution is 2.19. The molecule has 27 heavy (non-hydrogen) atoms. The van der Waals surface area contributed by atoms with Gasteiger partial charge in [-0.2, -0.15) is 0 Å². The monoisotopic (exact) mass is 387 g/mol. The minimum Gasteiger partial charge on any atom is -0.344 e. The molecule has 0 heterocycles. The van der Waals surface area contributed by atoms with Crippen LogP contribution in [-0.4, -0.2) is 41.8 Å². The average molecular weight is 387 g/mol. The molecule has 0 spiro atoms. The van der Waals surface area contributed by atoms with Crippen molar-refractivity contribution >= 4 is 23.4 Å². The van der Waals surface area contributed by atoms with Crippen LogP contribution in [0.25, 0.3) is 0 Å². The molecule has 1 aromatic carbocycles. The zero-order chi connectivity index (χ0) is 20.7. The maximum atomic E-state index is 13.7. The summed E-state index contributed by atoms with van der Waals surface area (Å²) >= 11 is 0. The van der Waals surface area contributed by atoms with Crippen molar-refractivity contribution in [3.8, 4) is 0 Å². The molecule has 0 saturated heterocycles. The van der Waals surface area contributed by atoms with Gasteiger partial charge in [-0.15, -0.1) is 0 Å². The van der Waals surface area contributed by atoms with E-state index in [2.05, 4.69) is 10.6 Å². The zero-order valence-corrected chi connectivity index (χ0v) is 15.7. The van der Waals surface area contributed by atoms with Crippen LogP contribution in [0.15, 0.2) is 12.1 Å². The van der Waals surface area contributed by atoms with Crippen LogP contribution < -0.4 is 10.6 Å². The van der Waals surface area contributed by atoms with Gasteiger partial charge in [0.15, 0.2) is 17.5 Å². The van der Waals surface area contributed by atoms with E-state index in [1.54, 1.807) is 20.8 Å². The highest BCUT2D eigenvalue weighted by molar-refractivity contribution is 5.96. The first-order valence-electron chi connectivity index (χ1n) is 8.57. The topological polar surface area (TPSA) is 78.5 Å². The lowest BCUT2D eigenvalue weighted by Crippen LogP contribution is -2.52. The van der Waals surface area contributed by atoms with Gasteiger partial charge in [0.2, 0.25) is 17.7 Å². The molecule has 1 unspecified atom stereocenters. The van der Waals surface area contributed by atoms with Gasteiger partial charge in [-0.25, -0.2) is 13.2 Å². The minimum absolute atomic E-state index is 0.215. The summed E-state index contributed by atoms with van der Waals surface area (Å²) in [4.78, 5) is 37.5. The predicted octanol–water partition coefficient (Wildman–Crippen LogP) is 2.44. The molecule has 150 valence electrons. The number of rotatable bonds is 8. The Balaban J connectivity index is 2.92. The van der Waals surface area contributed by atoms with Crippen molar-refractivity contribution in [2.45, 2.75) is 40.2 Å². The van der Waals surface area contributed by atoms with E-state index in [1.165, 1.54) is 11.8 Å². The summed E-state index contributed by atoms with van der Waals surface area (Å²) in [6.07, 6.45) is 0.545. The van der Waals surface area contributed by atoms with Crippen molar-refractivity contribution in [1.29, 1.82) is 0 Å². The summed E-state index contributed by atoms with van der Waals surface area (Å²) in [5.41, 5.74) is -0.523. The number of benzene rings is 1. The van der Waals surface area contributed by atoms with Crippen LogP contribution in [0.4, 0.5) is 18.9 Å². The van der Waals surface area contributed by atoms with Crippen LogP contribution >= 0.6 is 0 Å². The van der Waals surface area contributed by atoms with E-state index in [9.17, 15) is 27.6 Å². The second kappa shape index (κ2) is 9.94. The molecule has 0 aliphatic rings. The van der Waals surface area contributed by atoms with Crippen molar-refractivity contribution in [3.63, 3.8) is 0 Å². The summed E-state index contributed by atoms with van der Waals surface area (Å²) in [6.45, 7) is 6.39. The maximum absolute atomic E-state index is 13.7. The zero-order valence-electron chi connectivity index (χ0n) is 15.7. The van der Waals surface area contributed by atoms with Crippen molar-refractivity contribution in [3.05, 3.63) is 29.6 Å². The van der Waals surface area contributed by atoms with E-state index < -0.39 is 47.5 Å².